The lowest BCUT2D eigenvalue weighted by Gasteiger charge is -2.14. The molecule has 2 aromatic carbocycles. The van der Waals surface area contributed by atoms with Crippen LogP contribution in [0.3, 0.4) is 0 Å². The number of nitrogens with one attached hydrogen (secondary N) is 2. The van der Waals surface area contributed by atoms with Crippen LogP contribution in [0, 0.1) is 0 Å². The molecule has 0 saturated heterocycles. The van der Waals surface area contributed by atoms with Crippen molar-refractivity contribution in [3.8, 4) is 5.75 Å². The number of hydrogen-bond donors (Lipinski definition) is 3. The van der Waals surface area contributed by atoms with Crippen LogP contribution in [0.5, 0.6) is 5.75 Å². The molecule has 0 saturated carbocycles. The summed E-state index contributed by atoms with van der Waals surface area (Å²) in [6, 6.07) is 12.3. The smallest absolute Gasteiger partial charge is 0.326 e. The van der Waals surface area contributed by atoms with Crippen molar-refractivity contribution in [2.24, 2.45) is 5.73 Å². The molecule has 9 heteroatoms. The third-order valence-corrected chi connectivity index (χ3v) is 3.86. The van der Waals surface area contributed by atoms with E-state index in [0.717, 1.165) is 0 Å². The monoisotopic (exact) mass is 399 g/mol. The third kappa shape index (κ3) is 6.35. The van der Waals surface area contributed by atoms with Crippen LogP contribution in [0.4, 0.5) is 5.69 Å². The molecule has 0 aliphatic carbocycles. The highest BCUT2D eigenvalue weighted by Gasteiger charge is 2.18. The molecular weight excluding hydrogens is 378 g/mol. The third-order valence-electron chi connectivity index (χ3n) is 3.86. The largest absolute Gasteiger partial charge is 0.497 e. The first-order valence-corrected chi connectivity index (χ1v) is 8.62. The molecule has 0 radical (unpaired) electrons. The molecule has 3 amide bonds. The molecule has 0 aromatic heterocycles. The predicted molar refractivity (Wildman–Crippen MR) is 104 cm³/mol. The molecule has 1 atom stereocenters. The molecule has 0 unspecified atom stereocenters. The van der Waals surface area contributed by atoms with Gasteiger partial charge in [-0.25, -0.2) is 0 Å². The van der Waals surface area contributed by atoms with Crippen LogP contribution >= 0.6 is 0 Å². The first-order chi connectivity index (χ1) is 13.8. The summed E-state index contributed by atoms with van der Waals surface area (Å²) in [7, 11) is 1.51. The first-order valence-electron chi connectivity index (χ1n) is 8.62. The lowest BCUT2D eigenvalue weighted by Crippen LogP contribution is -2.35. The van der Waals surface area contributed by atoms with Crippen LogP contribution in [0.1, 0.15) is 27.6 Å². The van der Waals surface area contributed by atoms with Crippen LogP contribution in [0.25, 0.3) is 0 Å². The summed E-state index contributed by atoms with van der Waals surface area (Å²) in [6.45, 7) is 1.01. The number of methoxy groups -OCH3 is 1. The number of amides is 3. The van der Waals surface area contributed by atoms with Crippen molar-refractivity contribution < 1.29 is 28.7 Å². The molecule has 29 heavy (non-hydrogen) atoms. The van der Waals surface area contributed by atoms with Crippen molar-refractivity contribution >= 4 is 29.4 Å². The van der Waals surface area contributed by atoms with Gasteiger partial charge in [-0.1, -0.05) is 0 Å². The summed E-state index contributed by atoms with van der Waals surface area (Å²) in [5.41, 5.74) is 6.21. The van der Waals surface area contributed by atoms with Crippen molar-refractivity contribution in [2.75, 3.05) is 19.0 Å². The van der Waals surface area contributed by atoms with Gasteiger partial charge in [0.25, 0.3) is 11.8 Å². The number of anilines is 1. The predicted octanol–water partition coefficient (Wildman–Crippen LogP) is 1.09. The van der Waals surface area contributed by atoms with Crippen molar-refractivity contribution in [3.05, 3.63) is 59.7 Å². The Balaban J connectivity index is 1.80. The number of ether oxygens (including phenoxy) is 2. The van der Waals surface area contributed by atoms with Gasteiger partial charge in [0, 0.05) is 16.8 Å². The van der Waals surface area contributed by atoms with E-state index in [2.05, 4.69) is 10.6 Å². The molecule has 0 bridgehead atoms. The first kappa shape index (κ1) is 21.4. The van der Waals surface area contributed by atoms with Crippen LogP contribution in [-0.2, 0) is 14.3 Å². The van der Waals surface area contributed by atoms with Crippen molar-refractivity contribution in [3.63, 3.8) is 0 Å². The lowest BCUT2D eigenvalue weighted by molar-refractivity contribution is -0.152. The second-order valence-electron chi connectivity index (χ2n) is 5.97. The summed E-state index contributed by atoms with van der Waals surface area (Å²) in [5, 5.41) is 4.96. The van der Waals surface area contributed by atoms with E-state index in [1.54, 1.807) is 24.3 Å². The van der Waals surface area contributed by atoms with Gasteiger partial charge in [0.1, 0.15) is 12.3 Å². The summed E-state index contributed by atoms with van der Waals surface area (Å²) < 4.78 is 10.0. The van der Waals surface area contributed by atoms with E-state index in [0.29, 0.717) is 22.6 Å². The van der Waals surface area contributed by atoms with Gasteiger partial charge in [0.15, 0.2) is 6.10 Å². The molecule has 0 fully saturated rings. The Morgan fingerprint density at radius 1 is 0.966 bits per heavy atom. The molecular formula is C20H21N3O6. The zero-order valence-electron chi connectivity index (χ0n) is 15.9. The van der Waals surface area contributed by atoms with Gasteiger partial charge in [0.05, 0.1) is 7.11 Å². The molecule has 9 nitrogen and oxygen atoms in total. The highest BCUT2D eigenvalue weighted by atomic mass is 16.5. The maximum absolute atomic E-state index is 12.1. The Morgan fingerprint density at radius 3 is 2.10 bits per heavy atom. The molecule has 152 valence electrons. The number of esters is 1. The molecule has 4 N–H and O–H groups in total. The SMILES string of the molecule is COc1ccc(C(=O)NCC(=O)O[C@@H](C)C(=O)Nc2ccc(C(N)=O)cc2)cc1. The van der Waals surface area contributed by atoms with Crippen LogP contribution in [-0.4, -0.2) is 43.4 Å². The molecule has 2 aromatic rings. The van der Waals surface area contributed by atoms with E-state index < -0.39 is 36.3 Å². The van der Waals surface area contributed by atoms with Crippen LogP contribution in [0.15, 0.2) is 48.5 Å². The molecule has 0 spiro atoms. The molecule has 0 aliphatic rings. The minimum atomic E-state index is -1.09. The van der Waals surface area contributed by atoms with E-state index in [9.17, 15) is 19.2 Å². The highest BCUT2D eigenvalue weighted by Crippen LogP contribution is 2.11. The number of rotatable bonds is 8. The van der Waals surface area contributed by atoms with Gasteiger partial charge in [-0.05, 0) is 55.5 Å². The van der Waals surface area contributed by atoms with Crippen LogP contribution < -0.4 is 21.1 Å². The number of hydrogen-bond acceptors (Lipinski definition) is 6. The maximum Gasteiger partial charge on any atom is 0.326 e. The van der Waals surface area contributed by atoms with Gasteiger partial charge in [0.2, 0.25) is 5.91 Å². The Labute approximate surface area is 167 Å². The topological polar surface area (TPSA) is 137 Å². The summed E-state index contributed by atoms with van der Waals surface area (Å²) in [5.74, 6) is -1.77. The summed E-state index contributed by atoms with van der Waals surface area (Å²) >= 11 is 0. The second-order valence-corrected chi connectivity index (χ2v) is 5.97. The fourth-order valence-electron chi connectivity index (χ4n) is 2.25. The van der Waals surface area contributed by atoms with E-state index in [1.165, 1.54) is 38.3 Å². The summed E-state index contributed by atoms with van der Waals surface area (Å²) in [4.78, 5) is 47.0. The second kappa shape index (κ2) is 9.88. The van der Waals surface area contributed by atoms with E-state index >= 15 is 0 Å². The number of nitrogens with two attached hydrogens (primary N) is 1. The van der Waals surface area contributed by atoms with Gasteiger partial charge < -0.3 is 25.8 Å². The van der Waals surface area contributed by atoms with Crippen LogP contribution in [0.2, 0.25) is 0 Å². The van der Waals surface area contributed by atoms with Gasteiger partial charge in [-0.15, -0.1) is 0 Å². The Kier molecular flexibility index (Phi) is 7.30. The summed E-state index contributed by atoms with van der Waals surface area (Å²) in [6.07, 6.45) is -1.09. The van der Waals surface area contributed by atoms with Crippen molar-refractivity contribution in [1.29, 1.82) is 0 Å². The van der Waals surface area contributed by atoms with Gasteiger partial charge in [-0.2, -0.15) is 0 Å². The Morgan fingerprint density at radius 2 is 1.55 bits per heavy atom. The Hall–Kier alpha value is -3.88. The quantitative estimate of drug-likeness (QED) is 0.569. The molecule has 2 rings (SSSR count). The fraction of sp³-hybridized carbons (Fsp3) is 0.200. The minimum absolute atomic E-state index is 0.301. The van der Waals surface area contributed by atoms with E-state index in [1.807, 2.05) is 0 Å². The molecule has 0 aliphatic heterocycles. The van der Waals surface area contributed by atoms with Gasteiger partial charge >= 0.3 is 5.97 Å². The maximum atomic E-state index is 12.1. The Bertz CT molecular complexity index is 893. The normalized spacial score (nSPS) is 11.1. The zero-order chi connectivity index (χ0) is 21.4. The van der Waals surface area contributed by atoms with Crippen molar-refractivity contribution in [2.45, 2.75) is 13.0 Å². The van der Waals surface area contributed by atoms with E-state index in [4.69, 9.17) is 15.2 Å². The number of primary amides is 1. The fourth-order valence-corrected chi connectivity index (χ4v) is 2.25. The molecule has 0 heterocycles. The number of carbonyl (C=O) groups excluding carboxylic acids is 4. The number of benzene rings is 2. The average Bonchev–Trinajstić information content (AvgIpc) is 2.72. The van der Waals surface area contributed by atoms with Crippen molar-refractivity contribution in [1.82, 2.24) is 5.32 Å². The zero-order valence-corrected chi connectivity index (χ0v) is 15.9. The lowest BCUT2D eigenvalue weighted by atomic mass is 10.2. The van der Waals surface area contributed by atoms with E-state index in [-0.39, 0.29) is 0 Å². The highest BCUT2D eigenvalue weighted by molar-refractivity contribution is 5.98. The van der Waals surface area contributed by atoms with Gasteiger partial charge in [-0.3, -0.25) is 19.2 Å². The standard InChI is InChI=1S/C20H21N3O6/c1-12(19(26)23-15-7-3-13(4-8-15)18(21)25)29-17(24)11-22-20(27)14-5-9-16(28-2)10-6-14/h3-10,12H,11H2,1-2H3,(H2,21,25)(H,22,27)(H,23,26)/t12-/m0/s1. The number of carbonyl (C=O) groups is 4. The minimum Gasteiger partial charge on any atom is -0.497 e. The average molecular weight is 399 g/mol.